The van der Waals surface area contributed by atoms with Gasteiger partial charge in [-0.1, -0.05) is 0 Å². The summed E-state index contributed by atoms with van der Waals surface area (Å²) in [4.78, 5) is 10.7. The molecule has 0 aromatic heterocycles. The van der Waals surface area contributed by atoms with Crippen molar-refractivity contribution >= 4 is 6.09 Å². The number of rotatable bonds is 1. The summed E-state index contributed by atoms with van der Waals surface area (Å²) in [6.45, 7) is 2.94. The standard InChI is InChI=1S/C7H14N2O2/c1-5-3-6(4-8-5)9-7(10)11-2/h5-6,8H,3-4H2,1-2H3,(H,9,10)/t5-,6?/m1/s1. The minimum Gasteiger partial charge on any atom is -0.453 e. The predicted octanol–water partition coefficient (Wildman–Crippen LogP) is 0.0928. The summed E-state index contributed by atoms with van der Waals surface area (Å²) in [7, 11) is 1.38. The highest BCUT2D eigenvalue weighted by atomic mass is 16.5. The molecule has 64 valence electrons. The van der Waals surface area contributed by atoms with E-state index in [1.54, 1.807) is 0 Å². The number of hydrogen-bond donors (Lipinski definition) is 2. The molecular formula is C7H14N2O2. The van der Waals surface area contributed by atoms with Crippen molar-refractivity contribution in [2.45, 2.75) is 25.4 Å². The molecule has 1 unspecified atom stereocenters. The highest BCUT2D eigenvalue weighted by Crippen LogP contribution is 2.04. The first kappa shape index (κ1) is 8.33. The van der Waals surface area contributed by atoms with Gasteiger partial charge in [-0.15, -0.1) is 0 Å². The maximum Gasteiger partial charge on any atom is 0.407 e. The zero-order chi connectivity index (χ0) is 8.27. The smallest absolute Gasteiger partial charge is 0.407 e. The summed E-state index contributed by atoms with van der Waals surface area (Å²) in [5, 5.41) is 5.96. The monoisotopic (exact) mass is 158 g/mol. The minimum absolute atomic E-state index is 0.234. The second-order valence-corrected chi connectivity index (χ2v) is 2.88. The van der Waals surface area contributed by atoms with Crippen molar-refractivity contribution in [1.82, 2.24) is 10.6 Å². The van der Waals surface area contributed by atoms with Crippen molar-refractivity contribution in [3.8, 4) is 0 Å². The molecule has 1 rings (SSSR count). The second kappa shape index (κ2) is 3.57. The van der Waals surface area contributed by atoms with Gasteiger partial charge in [0.1, 0.15) is 0 Å². The van der Waals surface area contributed by atoms with E-state index in [1.165, 1.54) is 7.11 Å². The molecule has 1 fully saturated rings. The second-order valence-electron chi connectivity index (χ2n) is 2.88. The third kappa shape index (κ3) is 2.38. The molecule has 0 aliphatic carbocycles. The van der Waals surface area contributed by atoms with Crippen molar-refractivity contribution in [3.05, 3.63) is 0 Å². The van der Waals surface area contributed by atoms with Gasteiger partial charge in [0.25, 0.3) is 0 Å². The van der Waals surface area contributed by atoms with Crippen LogP contribution in [-0.4, -0.2) is 31.8 Å². The molecule has 2 atom stereocenters. The average Bonchev–Trinajstić information content (AvgIpc) is 2.35. The van der Waals surface area contributed by atoms with Crippen LogP contribution >= 0.6 is 0 Å². The van der Waals surface area contributed by atoms with Gasteiger partial charge in [-0.25, -0.2) is 4.79 Å². The van der Waals surface area contributed by atoms with Gasteiger partial charge in [-0.2, -0.15) is 0 Å². The maximum atomic E-state index is 10.7. The van der Waals surface area contributed by atoms with E-state index in [2.05, 4.69) is 22.3 Å². The predicted molar refractivity (Wildman–Crippen MR) is 41.4 cm³/mol. The van der Waals surface area contributed by atoms with Crippen LogP contribution in [0.25, 0.3) is 0 Å². The number of carbonyl (C=O) groups excluding carboxylic acids is 1. The van der Waals surface area contributed by atoms with E-state index in [0.717, 1.165) is 13.0 Å². The van der Waals surface area contributed by atoms with Gasteiger partial charge in [0.2, 0.25) is 0 Å². The zero-order valence-electron chi connectivity index (χ0n) is 6.89. The Kier molecular flexibility index (Phi) is 2.70. The first-order valence-electron chi connectivity index (χ1n) is 3.80. The lowest BCUT2D eigenvalue weighted by Gasteiger charge is -2.09. The van der Waals surface area contributed by atoms with Crippen LogP contribution in [0.5, 0.6) is 0 Å². The Balaban J connectivity index is 2.23. The Morgan fingerprint density at radius 1 is 1.73 bits per heavy atom. The molecule has 0 saturated carbocycles. The maximum absolute atomic E-state index is 10.7. The van der Waals surface area contributed by atoms with Gasteiger partial charge >= 0.3 is 6.09 Å². The highest BCUT2D eigenvalue weighted by molar-refractivity contribution is 5.67. The molecule has 1 saturated heterocycles. The molecule has 2 N–H and O–H groups in total. The first-order valence-corrected chi connectivity index (χ1v) is 3.80. The molecule has 1 aliphatic heterocycles. The lowest BCUT2D eigenvalue weighted by molar-refractivity contribution is 0.167. The van der Waals surface area contributed by atoms with E-state index >= 15 is 0 Å². The van der Waals surface area contributed by atoms with Gasteiger partial charge in [-0.3, -0.25) is 0 Å². The van der Waals surface area contributed by atoms with Crippen LogP contribution in [-0.2, 0) is 4.74 Å². The number of nitrogens with one attached hydrogen (secondary N) is 2. The highest BCUT2D eigenvalue weighted by Gasteiger charge is 2.21. The summed E-state index contributed by atoms with van der Waals surface area (Å²) in [5.74, 6) is 0. The summed E-state index contributed by atoms with van der Waals surface area (Å²) < 4.78 is 4.47. The lowest BCUT2D eigenvalue weighted by atomic mass is 10.2. The number of carbonyl (C=O) groups is 1. The van der Waals surface area contributed by atoms with Crippen molar-refractivity contribution in [1.29, 1.82) is 0 Å². The van der Waals surface area contributed by atoms with Gasteiger partial charge in [0.05, 0.1) is 7.11 Å². The summed E-state index contributed by atoms with van der Waals surface area (Å²) in [6.07, 6.45) is 0.639. The summed E-state index contributed by atoms with van der Waals surface area (Å²) in [6, 6.07) is 0.731. The van der Waals surface area contributed by atoms with Gasteiger partial charge < -0.3 is 15.4 Å². The van der Waals surface area contributed by atoms with Crippen LogP contribution in [0.3, 0.4) is 0 Å². The number of methoxy groups -OCH3 is 1. The Morgan fingerprint density at radius 2 is 2.45 bits per heavy atom. The molecular weight excluding hydrogens is 144 g/mol. The quantitative estimate of drug-likeness (QED) is 0.568. The number of alkyl carbamates (subject to hydrolysis) is 1. The molecule has 1 heterocycles. The average molecular weight is 158 g/mol. The van der Waals surface area contributed by atoms with Crippen LogP contribution in [0.2, 0.25) is 0 Å². The van der Waals surface area contributed by atoms with Crippen molar-refractivity contribution in [2.75, 3.05) is 13.7 Å². The van der Waals surface area contributed by atoms with E-state index in [-0.39, 0.29) is 12.1 Å². The fraction of sp³-hybridized carbons (Fsp3) is 0.857. The van der Waals surface area contributed by atoms with Crippen molar-refractivity contribution < 1.29 is 9.53 Å². The van der Waals surface area contributed by atoms with Crippen molar-refractivity contribution in [2.24, 2.45) is 0 Å². The molecule has 0 bridgehead atoms. The normalized spacial score (nSPS) is 30.0. The zero-order valence-corrected chi connectivity index (χ0v) is 6.89. The number of amides is 1. The van der Waals surface area contributed by atoms with Gasteiger partial charge in [-0.05, 0) is 13.3 Å². The Morgan fingerprint density at radius 3 is 2.91 bits per heavy atom. The molecule has 0 spiro atoms. The number of hydrogen-bond acceptors (Lipinski definition) is 3. The fourth-order valence-electron chi connectivity index (χ4n) is 1.27. The Labute approximate surface area is 66.3 Å². The fourth-order valence-corrected chi connectivity index (χ4v) is 1.27. The van der Waals surface area contributed by atoms with E-state index in [0.29, 0.717) is 6.04 Å². The van der Waals surface area contributed by atoms with Crippen LogP contribution in [0.15, 0.2) is 0 Å². The van der Waals surface area contributed by atoms with Crippen LogP contribution < -0.4 is 10.6 Å². The lowest BCUT2D eigenvalue weighted by Crippen LogP contribution is -2.35. The topological polar surface area (TPSA) is 50.4 Å². The van der Waals surface area contributed by atoms with Crippen molar-refractivity contribution in [3.63, 3.8) is 0 Å². The van der Waals surface area contributed by atoms with Crippen LogP contribution in [0, 0.1) is 0 Å². The molecule has 0 aromatic carbocycles. The molecule has 1 amide bonds. The summed E-state index contributed by atoms with van der Waals surface area (Å²) in [5.41, 5.74) is 0. The largest absolute Gasteiger partial charge is 0.453 e. The molecule has 11 heavy (non-hydrogen) atoms. The first-order chi connectivity index (χ1) is 5.22. The third-order valence-corrected chi connectivity index (χ3v) is 1.86. The van der Waals surface area contributed by atoms with Crippen LogP contribution in [0.1, 0.15) is 13.3 Å². The molecule has 1 aliphatic rings. The van der Waals surface area contributed by atoms with E-state index in [9.17, 15) is 4.79 Å². The van der Waals surface area contributed by atoms with E-state index < -0.39 is 0 Å². The van der Waals surface area contributed by atoms with E-state index in [1.807, 2.05) is 0 Å². The van der Waals surface area contributed by atoms with Gasteiger partial charge in [0.15, 0.2) is 0 Å². The van der Waals surface area contributed by atoms with Crippen LogP contribution in [0.4, 0.5) is 4.79 Å². The molecule has 4 nitrogen and oxygen atoms in total. The van der Waals surface area contributed by atoms with E-state index in [4.69, 9.17) is 0 Å². The molecule has 4 heteroatoms. The Bertz CT molecular complexity index is 149. The third-order valence-electron chi connectivity index (χ3n) is 1.86. The Hall–Kier alpha value is -0.770. The molecule has 0 aromatic rings. The summed E-state index contributed by atoms with van der Waals surface area (Å²) >= 11 is 0. The minimum atomic E-state index is -0.342. The SMILES string of the molecule is COC(=O)NC1CN[C@H](C)C1. The number of ether oxygens (including phenoxy) is 1. The molecule has 0 radical (unpaired) electrons. The van der Waals surface area contributed by atoms with Gasteiger partial charge in [0, 0.05) is 18.6 Å².